The van der Waals surface area contributed by atoms with Crippen molar-refractivity contribution >= 4 is 17.4 Å². The third kappa shape index (κ3) is 2.40. The molecule has 0 N–H and O–H groups in total. The minimum absolute atomic E-state index is 0.161. The summed E-state index contributed by atoms with van der Waals surface area (Å²) in [6, 6.07) is 0. The van der Waals surface area contributed by atoms with E-state index in [4.69, 9.17) is 0 Å². The van der Waals surface area contributed by atoms with Crippen molar-refractivity contribution in [1.82, 2.24) is 14.5 Å². The van der Waals surface area contributed by atoms with Crippen LogP contribution >= 0.6 is 11.5 Å². The Morgan fingerprint density at radius 2 is 2.11 bits per heavy atom. The molecule has 0 radical (unpaired) electrons. The molecule has 4 nitrogen and oxygen atoms in total. The third-order valence-electron chi connectivity index (χ3n) is 4.72. The third-order valence-corrected chi connectivity index (χ3v) is 5.48. The van der Waals surface area contributed by atoms with Crippen molar-refractivity contribution in [3.8, 4) is 0 Å². The highest BCUT2D eigenvalue weighted by Crippen LogP contribution is 2.44. The highest BCUT2D eigenvalue weighted by molar-refractivity contribution is 7.08. The van der Waals surface area contributed by atoms with Gasteiger partial charge in [0, 0.05) is 13.1 Å². The highest BCUT2D eigenvalue weighted by Gasteiger charge is 2.41. The van der Waals surface area contributed by atoms with E-state index >= 15 is 0 Å². The number of rotatable bonds is 2. The van der Waals surface area contributed by atoms with Crippen LogP contribution in [0.15, 0.2) is 0 Å². The second-order valence-electron chi connectivity index (χ2n) is 5.94. The molecule has 1 aromatic heterocycles. The van der Waals surface area contributed by atoms with Crippen LogP contribution < -0.4 is 0 Å². The van der Waals surface area contributed by atoms with E-state index in [2.05, 4.69) is 9.59 Å². The minimum atomic E-state index is 0.161. The summed E-state index contributed by atoms with van der Waals surface area (Å²) in [5.74, 6) is 0.161. The lowest BCUT2D eigenvalue weighted by Crippen LogP contribution is -2.33. The van der Waals surface area contributed by atoms with Gasteiger partial charge in [-0.3, -0.25) is 4.79 Å². The Morgan fingerprint density at radius 1 is 1.32 bits per heavy atom. The minimum Gasteiger partial charge on any atom is -0.337 e. The van der Waals surface area contributed by atoms with Gasteiger partial charge in [0.05, 0.1) is 5.69 Å². The molecular formula is C14H21N3OS. The molecule has 0 unspecified atom stereocenters. The normalized spacial score (nSPS) is 22.1. The summed E-state index contributed by atoms with van der Waals surface area (Å²) < 4.78 is 3.93. The number of amides is 1. The van der Waals surface area contributed by atoms with Gasteiger partial charge in [-0.15, -0.1) is 5.10 Å². The highest BCUT2D eigenvalue weighted by atomic mass is 32.1. The van der Waals surface area contributed by atoms with Crippen molar-refractivity contribution in [3.63, 3.8) is 0 Å². The molecule has 2 aliphatic rings. The zero-order valence-electron chi connectivity index (χ0n) is 11.5. The smallest absolute Gasteiger partial charge is 0.267 e. The zero-order chi connectivity index (χ0) is 13.3. The lowest BCUT2D eigenvalue weighted by Gasteiger charge is -2.33. The Morgan fingerprint density at radius 3 is 2.84 bits per heavy atom. The average molecular weight is 279 g/mol. The molecule has 1 saturated carbocycles. The topological polar surface area (TPSA) is 46.1 Å². The standard InChI is InChI=1S/C14H21N3OS/c1-2-11-12(19-16-15-11)13(18)17-9-8-14(10-17)6-4-3-5-7-14/h2-10H2,1H3. The summed E-state index contributed by atoms with van der Waals surface area (Å²) in [6.45, 7) is 3.90. The molecule has 0 bridgehead atoms. The van der Waals surface area contributed by atoms with Gasteiger partial charge in [0.1, 0.15) is 4.88 Å². The van der Waals surface area contributed by atoms with E-state index in [1.54, 1.807) is 0 Å². The van der Waals surface area contributed by atoms with Crippen molar-refractivity contribution < 1.29 is 4.79 Å². The molecule has 1 aliphatic carbocycles. The molecular weight excluding hydrogens is 258 g/mol. The second kappa shape index (κ2) is 5.19. The predicted molar refractivity (Wildman–Crippen MR) is 75.3 cm³/mol. The summed E-state index contributed by atoms with van der Waals surface area (Å²) in [5, 5.41) is 4.05. The van der Waals surface area contributed by atoms with Gasteiger partial charge in [-0.2, -0.15) is 0 Å². The summed E-state index contributed by atoms with van der Waals surface area (Å²) in [4.78, 5) is 15.4. The van der Waals surface area contributed by atoms with Crippen LogP contribution in [0, 0.1) is 5.41 Å². The van der Waals surface area contributed by atoms with Crippen LogP contribution in [0.25, 0.3) is 0 Å². The number of hydrogen-bond acceptors (Lipinski definition) is 4. The number of likely N-dealkylation sites (tertiary alicyclic amines) is 1. The largest absolute Gasteiger partial charge is 0.337 e. The van der Waals surface area contributed by atoms with Crippen molar-refractivity contribution in [2.45, 2.75) is 51.9 Å². The molecule has 3 rings (SSSR count). The van der Waals surface area contributed by atoms with Crippen LogP contribution in [-0.4, -0.2) is 33.5 Å². The van der Waals surface area contributed by atoms with Crippen molar-refractivity contribution in [3.05, 3.63) is 10.6 Å². The number of aromatic nitrogens is 2. The first-order valence-corrected chi connectivity index (χ1v) is 8.12. The number of nitrogens with zero attached hydrogens (tertiary/aromatic N) is 3. The van der Waals surface area contributed by atoms with E-state index in [0.29, 0.717) is 5.41 Å². The van der Waals surface area contributed by atoms with Crippen molar-refractivity contribution in [2.75, 3.05) is 13.1 Å². The molecule has 1 aliphatic heterocycles. The summed E-state index contributed by atoms with van der Waals surface area (Å²) in [6.07, 6.45) is 8.63. The van der Waals surface area contributed by atoms with Gasteiger partial charge < -0.3 is 4.90 Å². The summed E-state index contributed by atoms with van der Waals surface area (Å²) in [7, 11) is 0. The van der Waals surface area contributed by atoms with Gasteiger partial charge in [-0.25, -0.2) is 0 Å². The van der Waals surface area contributed by atoms with Crippen LogP contribution in [0.4, 0.5) is 0 Å². The van der Waals surface area contributed by atoms with Crippen molar-refractivity contribution in [1.29, 1.82) is 0 Å². The van der Waals surface area contributed by atoms with Gasteiger partial charge in [-0.05, 0) is 42.6 Å². The zero-order valence-corrected chi connectivity index (χ0v) is 12.3. The van der Waals surface area contributed by atoms with Gasteiger partial charge >= 0.3 is 0 Å². The maximum absolute atomic E-state index is 12.6. The molecule has 1 aromatic rings. The first-order valence-electron chi connectivity index (χ1n) is 7.35. The average Bonchev–Trinajstić information content (AvgIpc) is 3.06. The number of carbonyl (C=O) groups is 1. The van der Waals surface area contributed by atoms with Crippen molar-refractivity contribution in [2.24, 2.45) is 5.41 Å². The number of aryl methyl sites for hydroxylation is 1. The van der Waals surface area contributed by atoms with E-state index in [0.717, 1.165) is 30.1 Å². The van der Waals surface area contributed by atoms with Crippen LogP contribution in [0.1, 0.15) is 60.8 Å². The van der Waals surface area contributed by atoms with Gasteiger partial charge in [0.15, 0.2) is 0 Å². The van der Waals surface area contributed by atoms with Crippen LogP contribution in [0.5, 0.6) is 0 Å². The Kier molecular flexibility index (Phi) is 3.56. The fourth-order valence-corrected chi connectivity index (χ4v) is 4.28. The number of hydrogen-bond donors (Lipinski definition) is 0. The molecule has 5 heteroatoms. The van der Waals surface area contributed by atoms with Gasteiger partial charge in [0.2, 0.25) is 0 Å². The Hall–Kier alpha value is -0.970. The Labute approximate surface area is 118 Å². The fourth-order valence-electron chi connectivity index (χ4n) is 3.56. The van der Waals surface area contributed by atoms with E-state index in [9.17, 15) is 4.79 Å². The Balaban J connectivity index is 1.72. The lowest BCUT2D eigenvalue weighted by molar-refractivity contribution is 0.0762. The molecule has 1 spiro atoms. The van der Waals surface area contributed by atoms with E-state index < -0.39 is 0 Å². The van der Waals surface area contributed by atoms with E-state index in [1.807, 2.05) is 11.8 Å². The first-order chi connectivity index (χ1) is 9.24. The molecule has 2 fully saturated rings. The fraction of sp³-hybridized carbons (Fsp3) is 0.786. The molecule has 1 amide bonds. The number of carbonyl (C=O) groups excluding carboxylic acids is 1. The van der Waals surface area contributed by atoms with Crippen LogP contribution in [0.2, 0.25) is 0 Å². The maximum Gasteiger partial charge on any atom is 0.267 e. The SMILES string of the molecule is CCc1nnsc1C(=O)N1CCC2(CCCCC2)C1. The summed E-state index contributed by atoms with van der Waals surface area (Å²) >= 11 is 1.25. The molecule has 19 heavy (non-hydrogen) atoms. The molecule has 104 valence electrons. The first kappa shape index (κ1) is 13.0. The summed E-state index contributed by atoms with van der Waals surface area (Å²) in [5.41, 5.74) is 1.29. The Bertz CT molecular complexity index is 465. The van der Waals surface area contributed by atoms with E-state index in [-0.39, 0.29) is 5.91 Å². The molecule has 2 heterocycles. The second-order valence-corrected chi connectivity index (χ2v) is 6.69. The molecule has 1 saturated heterocycles. The van der Waals surface area contributed by atoms with Gasteiger partial charge in [-0.1, -0.05) is 30.7 Å². The lowest BCUT2D eigenvalue weighted by atomic mass is 9.73. The molecule has 0 atom stereocenters. The van der Waals surface area contributed by atoms with Crippen LogP contribution in [-0.2, 0) is 6.42 Å². The molecule has 0 aromatic carbocycles. The van der Waals surface area contributed by atoms with Crippen LogP contribution in [0.3, 0.4) is 0 Å². The maximum atomic E-state index is 12.6. The monoisotopic (exact) mass is 279 g/mol. The predicted octanol–water partition coefficient (Wildman–Crippen LogP) is 2.90. The van der Waals surface area contributed by atoms with E-state index in [1.165, 1.54) is 50.1 Å². The van der Waals surface area contributed by atoms with Gasteiger partial charge in [0.25, 0.3) is 5.91 Å². The quantitative estimate of drug-likeness (QED) is 0.836.